The Kier molecular flexibility index (Phi) is 3.13. The third kappa shape index (κ3) is 2.38. The highest BCUT2D eigenvalue weighted by atomic mass is 16.5. The summed E-state index contributed by atoms with van der Waals surface area (Å²) in [6.07, 6.45) is 0.649. The van der Waals surface area contributed by atoms with Crippen LogP contribution in [0.2, 0.25) is 0 Å². The van der Waals surface area contributed by atoms with E-state index in [1.807, 2.05) is 4.90 Å². The second-order valence-corrected chi connectivity index (χ2v) is 4.77. The predicted molar refractivity (Wildman–Crippen MR) is 67.4 cm³/mol. The average Bonchev–Trinajstić information content (AvgIpc) is 2.69. The number of ether oxygens (including phenoxy) is 1. The lowest BCUT2D eigenvalue weighted by Gasteiger charge is -2.21. The number of esters is 1. The van der Waals surface area contributed by atoms with Gasteiger partial charge >= 0.3 is 5.97 Å². The molecule has 0 radical (unpaired) electrons. The topological polar surface area (TPSA) is 88.7 Å². The Bertz CT molecular complexity index is 474. The first-order valence-corrected chi connectivity index (χ1v) is 5.75. The van der Waals surface area contributed by atoms with Gasteiger partial charge in [-0.15, -0.1) is 0 Å². The molecular weight excluding hydrogens is 234 g/mol. The number of pyridine rings is 1. The number of hydrogen-bond donors (Lipinski definition) is 2. The molecule has 0 spiro atoms. The number of nitrogens with zero attached hydrogens (tertiary/aromatic N) is 2. The number of anilines is 2. The van der Waals surface area contributed by atoms with Crippen LogP contribution < -0.4 is 10.6 Å². The highest BCUT2D eigenvalue weighted by Gasteiger charge is 2.33. The van der Waals surface area contributed by atoms with Gasteiger partial charge in [0.05, 0.1) is 18.4 Å². The molecule has 0 aliphatic carbocycles. The first-order valence-electron chi connectivity index (χ1n) is 5.75. The molecule has 6 heteroatoms. The van der Waals surface area contributed by atoms with Crippen molar-refractivity contribution in [3.8, 4) is 0 Å². The standard InChI is InChI=1S/C12H17N3O3/c1-12(17)5-6-15(7-12)10-8(13)3-4-9(14-10)11(16)18-2/h3-4,17H,5-7,13H2,1-2H3. The average molecular weight is 251 g/mol. The fourth-order valence-electron chi connectivity index (χ4n) is 2.06. The molecule has 1 unspecified atom stereocenters. The smallest absolute Gasteiger partial charge is 0.356 e. The van der Waals surface area contributed by atoms with Crippen LogP contribution in [0.1, 0.15) is 23.8 Å². The zero-order chi connectivity index (χ0) is 13.3. The number of aromatic nitrogens is 1. The summed E-state index contributed by atoms with van der Waals surface area (Å²) in [5, 5.41) is 9.94. The minimum Gasteiger partial charge on any atom is -0.464 e. The molecule has 3 N–H and O–H groups in total. The quantitative estimate of drug-likeness (QED) is 0.740. The zero-order valence-corrected chi connectivity index (χ0v) is 10.5. The largest absolute Gasteiger partial charge is 0.464 e. The maximum atomic E-state index is 11.4. The Labute approximate surface area is 105 Å². The van der Waals surface area contributed by atoms with Gasteiger partial charge in [-0.1, -0.05) is 0 Å². The predicted octanol–water partition coefficient (Wildman–Crippen LogP) is 0.411. The molecule has 0 bridgehead atoms. The molecule has 0 aromatic carbocycles. The number of nitrogen functional groups attached to an aromatic ring is 1. The van der Waals surface area contributed by atoms with Crippen LogP contribution in [0.25, 0.3) is 0 Å². The SMILES string of the molecule is COC(=O)c1ccc(N)c(N2CCC(C)(O)C2)n1. The summed E-state index contributed by atoms with van der Waals surface area (Å²) >= 11 is 0. The lowest BCUT2D eigenvalue weighted by molar-refractivity contribution is 0.0594. The van der Waals surface area contributed by atoms with Crippen molar-refractivity contribution in [3.63, 3.8) is 0 Å². The van der Waals surface area contributed by atoms with E-state index in [0.29, 0.717) is 31.0 Å². The lowest BCUT2D eigenvalue weighted by Crippen LogP contribution is -2.30. The van der Waals surface area contributed by atoms with E-state index in [2.05, 4.69) is 9.72 Å². The third-order valence-electron chi connectivity index (χ3n) is 3.05. The van der Waals surface area contributed by atoms with Crippen molar-refractivity contribution in [1.29, 1.82) is 0 Å². The molecule has 98 valence electrons. The normalized spacial score (nSPS) is 23.2. The van der Waals surface area contributed by atoms with Gasteiger partial charge in [-0.25, -0.2) is 9.78 Å². The summed E-state index contributed by atoms with van der Waals surface area (Å²) in [6, 6.07) is 3.15. The van der Waals surface area contributed by atoms with Gasteiger partial charge in [0.25, 0.3) is 0 Å². The molecule has 1 fully saturated rings. The van der Waals surface area contributed by atoms with Crippen molar-refractivity contribution in [1.82, 2.24) is 4.98 Å². The molecule has 1 aromatic rings. The minimum atomic E-state index is -0.741. The minimum absolute atomic E-state index is 0.216. The van der Waals surface area contributed by atoms with Gasteiger partial charge in [-0.3, -0.25) is 0 Å². The summed E-state index contributed by atoms with van der Waals surface area (Å²) in [7, 11) is 1.31. The Morgan fingerprint density at radius 3 is 2.89 bits per heavy atom. The van der Waals surface area contributed by atoms with Crippen LogP contribution in [0.4, 0.5) is 11.5 Å². The maximum Gasteiger partial charge on any atom is 0.356 e. The molecule has 1 aliphatic heterocycles. The zero-order valence-electron chi connectivity index (χ0n) is 10.5. The van der Waals surface area contributed by atoms with Crippen molar-refractivity contribution in [2.75, 3.05) is 30.8 Å². The number of hydrogen-bond acceptors (Lipinski definition) is 6. The first-order chi connectivity index (χ1) is 8.43. The Morgan fingerprint density at radius 1 is 1.61 bits per heavy atom. The molecule has 0 amide bonds. The Morgan fingerprint density at radius 2 is 2.33 bits per heavy atom. The van der Waals surface area contributed by atoms with E-state index in [0.717, 1.165) is 0 Å². The van der Waals surface area contributed by atoms with Gasteiger partial charge in [0.15, 0.2) is 11.5 Å². The first kappa shape index (κ1) is 12.6. The van der Waals surface area contributed by atoms with Crippen molar-refractivity contribution in [2.24, 2.45) is 0 Å². The molecule has 18 heavy (non-hydrogen) atoms. The highest BCUT2D eigenvalue weighted by molar-refractivity contribution is 5.88. The van der Waals surface area contributed by atoms with Gasteiger partial charge < -0.3 is 20.5 Å². The van der Waals surface area contributed by atoms with Crippen molar-refractivity contribution < 1.29 is 14.6 Å². The van der Waals surface area contributed by atoms with Crippen molar-refractivity contribution in [2.45, 2.75) is 18.9 Å². The van der Waals surface area contributed by atoms with Crippen molar-refractivity contribution in [3.05, 3.63) is 17.8 Å². The fourth-order valence-corrected chi connectivity index (χ4v) is 2.06. The fraction of sp³-hybridized carbons (Fsp3) is 0.500. The highest BCUT2D eigenvalue weighted by Crippen LogP contribution is 2.29. The number of rotatable bonds is 2. The van der Waals surface area contributed by atoms with Crippen LogP contribution in [0, 0.1) is 0 Å². The molecule has 0 saturated carbocycles. The Hall–Kier alpha value is -1.82. The molecule has 1 atom stereocenters. The third-order valence-corrected chi connectivity index (χ3v) is 3.05. The van der Waals surface area contributed by atoms with E-state index < -0.39 is 11.6 Å². The Balaban J connectivity index is 2.30. The van der Waals surface area contributed by atoms with Gasteiger partial charge in [0, 0.05) is 13.1 Å². The summed E-state index contributed by atoms with van der Waals surface area (Å²) in [6.45, 7) is 2.89. The second-order valence-electron chi connectivity index (χ2n) is 4.77. The summed E-state index contributed by atoms with van der Waals surface area (Å²) in [5.74, 6) is 0.0258. The van der Waals surface area contributed by atoms with Gasteiger partial charge in [-0.05, 0) is 25.5 Å². The molecule has 6 nitrogen and oxygen atoms in total. The molecular formula is C12H17N3O3. The van der Waals surface area contributed by atoms with Crippen LogP contribution in [-0.4, -0.2) is 41.9 Å². The van der Waals surface area contributed by atoms with Crippen LogP contribution in [-0.2, 0) is 4.74 Å². The summed E-state index contributed by atoms with van der Waals surface area (Å²) < 4.78 is 4.62. The number of aliphatic hydroxyl groups is 1. The van der Waals surface area contributed by atoms with Crippen LogP contribution >= 0.6 is 0 Å². The van der Waals surface area contributed by atoms with Crippen LogP contribution in [0.5, 0.6) is 0 Å². The summed E-state index contributed by atoms with van der Waals surface area (Å²) in [4.78, 5) is 17.5. The summed E-state index contributed by atoms with van der Waals surface area (Å²) in [5.41, 5.74) is 5.82. The van der Waals surface area contributed by atoms with E-state index in [9.17, 15) is 9.90 Å². The molecule has 2 rings (SSSR count). The molecule has 1 aliphatic rings. The molecule has 1 saturated heterocycles. The number of carbonyl (C=O) groups is 1. The van der Waals surface area contributed by atoms with E-state index in [4.69, 9.17) is 5.73 Å². The second kappa shape index (κ2) is 4.45. The monoisotopic (exact) mass is 251 g/mol. The van der Waals surface area contributed by atoms with E-state index in [1.165, 1.54) is 13.2 Å². The van der Waals surface area contributed by atoms with E-state index in [-0.39, 0.29) is 5.69 Å². The van der Waals surface area contributed by atoms with Gasteiger partial charge in [-0.2, -0.15) is 0 Å². The van der Waals surface area contributed by atoms with Gasteiger partial charge in [0.2, 0.25) is 0 Å². The molecule has 2 heterocycles. The molecule has 1 aromatic heterocycles. The van der Waals surface area contributed by atoms with Gasteiger partial charge in [0.1, 0.15) is 0 Å². The maximum absolute atomic E-state index is 11.4. The lowest BCUT2D eigenvalue weighted by atomic mass is 10.1. The van der Waals surface area contributed by atoms with Crippen LogP contribution in [0.15, 0.2) is 12.1 Å². The number of carbonyl (C=O) groups excluding carboxylic acids is 1. The number of nitrogens with two attached hydrogens (primary N) is 1. The number of β-amino-alcohol motifs (C(OH)–C–C–N with tert-alkyl or cyclic N) is 1. The van der Waals surface area contributed by atoms with E-state index in [1.54, 1.807) is 13.0 Å². The van der Waals surface area contributed by atoms with Crippen molar-refractivity contribution >= 4 is 17.5 Å². The number of methoxy groups -OCH3 is 1. The van der Waals surface area contributed by atoms with E-state index >= 15 is 0 Å². The van der Waals surface area contributed by atoms with Crippen LogP contribution in [0.3, 0.4) is 0 Å².